The molecule has 13 nitrogen and oxygen atoms in total. The van der Waals surface area contributed by atoms with Crippen molar-refractivity contribution in [1.82, 2.24) is 46.2 Å². The van der Waals surface area contributed by atoms with Crippen LogP contribution >= 0.6 is 0 Å². The molecular formula is C44H35N11O2. The molecule has 2 aliphatic rings. The Kier molecular flexibility index (Phi) is 8.81. The van der Waals surface area contributed by atoms with Crippen molar-refractivity contribution in [3.8, 4) is 45.0 Å². The number of allylic oxidation sites excluding steroid dienone is 2. The summed E-state index contributed by atoms with van der Waals surface area (Å²) in [6.07, 6.45) is 8.90. The quantitative estimate of drug-likeness (QED) is 0.121. The van der Waals surface area contributed by atoms with E-state index in [0.717, 1.165) is 55.7 Å². The lowest BCUT2D eigenvalue weighted by Crippen LogP contribution is -2.25. The lowest BCUT2D eigenvalue weighted by atomic mass is 9.89. The van der Waals surface area contributed by atoms with Crippen molar-refractivity contribution in [2.75, 3.05) is 0 Å². The van der Waals surface area contributed by atoms with Gasteiger partial charge in [0.25, 0.3) is 0 Å². The minimum Gasteiger partial charge on any atom is -0.478 e. The third kappa shape index (κ3) is 6.86. The summed E-state index contributed by atoms with van der Waals surface area (Å²) in [5.41, 5.74) is 9.03. The Morgan fingerprint density at radius 3 is 1.61 bits per heavy atom. The number of carboxylic acid groups (broad SMARTS) is 1. The van der Waals surface area contributed by atoms with E-state index < -0.39 is 17.0 Å². The van der Waals surface area contributed by atoms with Crippen LogP contribution in [0.3, 0.4) is 0 Å². The zero-order valence-electron chi connectivity index (χ0n) is 31.0. The highest BCUT2D eigenvalue weighted by Crippen LogP contribution is 2.39. The molecule has 9 rings (SSSR count). The first-order valence-corrected chi connectivity index (χ1v) is 18.4. The van der Waals surface area contributed by atoms with Gasteiger partial charge in [-0.25, -0.2) is 4.79 Å². The van der Waals surface area contributed by atoms with Gasteiger partial charge >= 0.3 is 5.97 Å². The van der Waals surface area contributed by atoms with E-state index >= 15 is 0 Å². The Bertz CT molecular complexity index is 2740. The molecule has 3 N–H and O–H groups in total. The molecule has 0 saturated heterocycles. The van der Waals surface area contributed by atoms with Crippen LogP contribution in [0.1, 0.15) is 46.7 Å². The summed E-state index contributed by atoms with van der Waals surface area (Å²) in [5, 5.41) is 40.1. The zero-order valence-corrected chi connectivity index (χ0v) is 31.0. The zero-order chi connectivity index (χ0) is 39.0. The van der Waals surface area contributed by atoms with E-state index in [1.165, 1.54) is 0 Å². The predicted octanol–water partition coefficient (Wildman–Crippen LogP) is 7.41. The minimum absolute atomic E-state index is 0.0878. The molecule has 2 aliphatic heterocycles. The first-order chi connectivity index (χ1) is 27.7. The number of aromatic nitrogens is 9. The van der Waals surface area contributed by atoms with E-state index in [1.54, 1.807) is 18.3 Å². The van der Waals surface area contributed by atoms with E-state index in [9.17, 15) is 9.90 Å². The van der Waals surface area contributed by atoms with Crippen molar-refractivity contribution < 1.29 is 9.90 Å². The third-order valence-corrected chi connectivity index (χ3v) is 10.4. The number of nitrogens with zero attached hydrogens (tertiary/aromatic N) is 9. The maximum absolute atomic E-state index is 12.6. The molecule has 278 valence electrons. The monoisotopic (exact) mass is 749 g/mol. The van der Waals surface area contributed by atoms with Gasteiger partial charge in [0, 0.05) is 23.6 Å². The van der Waals surface area contributed by atoms with Gasteiger partial charge in [-0.1, -0.05) is 84.9 Å². The molecule has 5 heterocycles. The average Bonchev–Trinajstić information content (AvgIpc) is 4.08. The van der Waals surface area contributed by atoms with Crippen molar-refractivity contribution in [3.05, 3.63) is 161 Å². The van der Waals surface area contributed by atoms with Gasteiger partial charge in [-0.15, -0.1) is 20.4 Å². The number of hydrogen-bond acceptors (Lipinski definition) is 10. The largest absolute Gasteiger partial charge is 0.478 e. The van der Waals surface area contributed by atoms with Crippen molar-refractivity contribution in [1.29, 1.82) is 0 Å². The molecular weight excluding hydrogens is 715 g/mol. The highest BCUT2D eigenvalue weighted by molar-refractivity contribution is 5.91. The van der Waals surface area contributed by atoms with Crippen LogP contribution in [-0.4, -0.2) is 69.7 Å². The first kappa shape index (κ1) is 35.2. The van der Waals surface area contributed by atoms with Crippen LogP contribution in [0.4, 0.5) is 0 Å². The second-order valence-electron chi connectivity index (χ2n) is 14.5. The van der Waals surface area contributed by atoms with Crippen molar-refractivity contribution in [2.45, 2.75) is 37.8 Å². The molecule has 7 aromatic rings. The van der Waals surface area contributed by atoms with Crippen LogP contribution in [0.25, 0.3) is 45.0 Å². The summed E-state index contributed by atoms with van der Waals surface area (Å²) in [4.78, 5) is 27.4. The van der Waals surface area contributed by atoms with Crippen molar-refractivity contribution >= 4 is 18.4 Å². The van der Waals surface area contributed by atoms with Gasteiger partial charge in [0.1, 0.15) is 11.1 Å². The maximum atomic E-state index is 12.6. The Labute approximate surface area is 327 Å². The van der Waals surface area contributed by atoms with Crippen molar-refractivity contribution in [2.24, 2.45) is 9.98 Å². The molecule has 0 aliphatic carbocycles. The molecule has 0 radical (unpaired) electrons. The Hall–Kier alpha value is -7.54. The van der Waals surface area contributed by atoms with Gasteiger partial charge in [-0.2, -0.15) is 10.4 Å². The smallest absolute Gasteiger partial charge is 0.337 e. The number of aromatic amines is 2. The van der Waals surface area contributed by atoms with E-state index in [-0.39, 0.29) is 5.56 Å². The number of nitrogens with one attached hydrogen (secondary N) is 2. The lowest BCUT2D eigenvalue weighted by Gasteiger charge is -2.24. The Balaban J connectivity index is 0.994. The van der Waals surface area contributed by atoms with E-state index in [4.69, 9.17) is 15.0 Å². The van der Waals surface area contributed by atoms with Gasteiger partial charge < -0.3 is 5.11 Å². The number of H-pyrrole nitrogens is 2. The molecule has 2 unspecified atom stereocenters. The molecule has 4 aromatic carbocycles. The first-order valence-electron chi connectivity index (χ1n) is 18.4. The van der Waals surface area contributed by atoms with Crippen LogP contribution in [0.5, 0.6) is 0 Å². The van der Waals surface area contributed by atoms with Gasteiger partial charge in [0.05, 0.1) is 17.0 Å². The highest BCUT2D eigenvalue weighted by atomic mass is 16.4. The third-order valence-electron chi connectivity index (χ3n) is 10.4. The summed E-state index contributed by atoms with van der Waals surface area (Å²) >= 11 is 0. The number of carbonyl (C=O) groups is 1. The standard InChI is InChI=1S/C44H35N11O2/c1-43(23-29(25-45-43)19-27-13-15-33(31-9-5-3-6-10-31)36(21-27)40-48-52-53-49-40)38-18-17-35(42(56)57)39(47-38)44(2)24-30(26-46-44)20-28-14-16-34(32-11-7-4-8-12-32)37(22-28)41-50-54-55-51-41/h3-18,21-26H,19-20H2,1-2H3,(H,56,57)(H,48,49,52,53)(H,50,51,54,55). The molecule has 13 heteroatoms. The SMILES string of the molecule is CC1(c2ccc(C(=O)O)c(C3(C)C=C(Cc4ccc(-c5ccccc5)c(-c5nn[nH]n5)c4)C=N3)n2)C=C(Cc2ccc(-c3ccccc3)c(-c3nn[nH]n3)c2)C=N1. The number of rotatable bonds is 11. The van der Waals surface area contributed by atoms with Crippen LogP contribution in [-0.2, 0) is 23.9 Å². The predicted molar refractivity (Wildman–Crippen MR) is 217 cm³/mol. The van der Waals surface area contributed by atoms with Crippen LogP contribution in [0.2, 0.25) is 0 Å². The van der Waals surface area contributed by atoms with E-state index in [0.29, 0.717) is 35.9 Å². The summed E-state index contributed by atoms with van der Waals surface area (Å²) < 4.78 is 0. The number of tetrazole rings is 2. The molecule has 0 fully saturated rings. The molecule has 3 aromatic heterocycles. The van der Waals surface area contributed by atoms with E-state index in [1.807, 2.05) is 74.7 Å². The van der Waals surface area contributed by atoms with Gasteiger partial charge in [-0.05, 0) is 118 Å². The Morgan fingerprint density at radius 1 is 0.614 bits per heavy atom. The summed E-state index contributed by atoms with van der Waals surface area (Å²) in [7, 11) is 0. The fourth-order valence-corrected chi connectivity index (χ4v) is 7.60. The minimum atomic E-state index is -1.07. The normalized spacial score (nSPS) is 18.5. The summed E-state index contributed by atoms with van der Waals surface area (Å²) in [6.45, 7) is 3.87. The Morgan fingerprint density at radius 2 is 1.12 bits per heavy atom. The maximum Gasteiger partial charge on any atom is 0.337 e. The number of aromatic carboxylic acids is 1. The fraction of sp³-hybridized carbons (Fsp3) is 0.136. The van der Waals surface area contributed by atoms with Crippen molar-refractivity contribution in [3.63, 3.8) is 0 Å². The molecule has 0 saturated carbocycles. The van der Waals surface area contributed by atoms with Gasteiger partial charge in [-0.3, -0.25) is 15.0 Å². The number of hydrogen-bond donors (Lipinski definition) is 3. The van der Waals surface area contributed by atoms with Crippen LogP contribution in [0.15, 0.2) is 142 Å². The number of aliphatic imine (C=N–C) groups is 2. The fourth-order valence-electron chi connectivity index (χ4n) is 7.60. The second kappa shape index (κ2) is 14.3. The van der Waals surface area contributed by atoms with E-state index in [2.05, 4.69) is 95.9 Å². The average molecular weight is 750 g/mol. The topological polar surface area (TPSA) is 184 Å². The summed E-state index contributed by atoms with van der Waals surface area (Å²) in [6, 6.07) is 36.0. The molecule has 0 bridgehead atoms. The van der Waals surface area contributed by atoms with Gasteiger partial charge in [0.15, 0.2) is 0 Å². The van der Waals surface area contributed by atoms with Crippen LogP contribution < -0.4 is 0 Å². The number of benzene rings is 4. The lowest BCUT2D eigenvalue weighted by molar-refractivity contribution is 0.0693. The molecule has 2 atom stereocenters. The molecule has 0 amide bonds. The van der Waals surface area contributed by atoms with Gasteiger partial charge in [0.2, 0.25) is 11.6 Å². The number of pyridine rings is 1. The molecule has 0 spiro atoms. The highest BCUT2D eigenvalue weighted by Gasteiger charge is 2.36. The van der Waals surface area contributed by atoms with Crippen LogP contribution in [0, 0.1) is 0 Å². The summed E-state index contributed by atoms with van der Waals surface area (Å²) in [5.74, 6) is -0.0625. The molecule has 57 heavy (non-hydrogen) atoms. The second-order valence-corrected chi connectivity index (χ2v) is 14.5. The number of carboxylic acids is 1.